The molecule has 1 N–H and O–H groups in total. The first-order valence-corrected chi connectivity index (χ1v) is 15.5. The third kappa shape index (κ3) is 5.11. The van der Waals surface area contributed by atoms with Gasteiger partial charge in [0.1, 0.15) is 11.9 Å². The molecule has 40 heavy (non-hydrogen) atoms. The minimum absolute atomic E-state index is 0.0289. The number of hydrogen-bond acceptors (Lipinski definition) is 9. The highest BCUT2D eigenvalue weighted by Crippen LogP contribution is 2.68. The smallest absolute Gasteiger partial charge is 0.333 e. The van der Waals surface area contributed by atoms with Gasteiger partial charge in [-0.2, -0.15) is 8.42 Å². The summed E-state index contributed by atoms with van der Waals surface area (Å²) in [5, 5.41) is 12.4. The molecule has 0 radical (unpaired) electrons. The lowest BCUT2D eigenvalue weighted by Crippen LogP contribution is -2.63. The minimum Gasteiger partial charge on any atom is -0.460 e. The van der Waals surface area contributed by atoms with Gasteiger partial charge in [0.05, 0.1) is 11.0 Å². The van der Waals surface area contributed by atoms with Gasteiger partial charge in [-0.3, -0.25) is 8.98 Å². The fourth-order valence-corrected chi connectivity index (χ4v) is 9.04. The van der Waals surface area contributed by atoms with Crippen LogP contribution in [0.5, 0.6) is 0 Å². The molecular formula is C30H43NO8S. The number of esters is 1. The summed E-state index contributed by atoms with van der Waals surface area (Å²) in [6, 6.07) is 6.17. The Labute approximate surface area is 237 Å². The summed E-state index contributed by atoms with van der Waals surface area (Å²) in [6.07, 6.45) is 4.33. The van der Waals surface area contributed by atoms with Crippen molar-refractivity contribution < 1.29 is 36.9 Å². The summed E-state index contributed by atoms with van der Waals surface area (Å²) in [5.74, 6) is -0.881. The van der Waals surface area contributed by atoms with Gasteiger partial charge < -0.3 is 14.7 Å². The van der Waals surface area contributed by atoms with E-state index in [0.29, 0.717) is 0 Å². The molecule has 9 nitrogen and oxygen atoms in total. The molecule has 0 amide bonds. The monoisotopic (exact) mass is 577 g/mol. The summed E-state index contributed by atoms with van der Waals surface area (Å²) < 4.78 is 42.7. The van der Waals surface area contributed by atoms with Gasteiger partial charge in [-0.25, -0.2) is 4.79 Å². The highest BCUT2D eigenvalue weighted by Gasteiger charge is 2.68. The quantitative estimate of drug-likeness (QED) is 0.152. The topological polar surface area (TPSA) is 129 Å². The van der Waals surface area contributed by atoms with Gasteiger partial charge in [0, 0.05) is 36.0 Å². The van der Waals surface area contributed by atoms with Crippen molar-refractivity contribution in [3.05, 3.63) is 29.8 Å². The van der Waals surface area contributed by atoms with E-state index in [4.69, 9.17) is 13.7 Å². The standard InChI is InChI=1S/C30H43NO8S/c1-19-7-9-22(10-8-19)40(35,36)38-18-25(32)39-24-17-28(4,15-16-31-34)27(33)21(3)30-13-11-20(2)29(24,5)26(30)23(37-6)12-14-30/h7-10,16,20-21,23-24,26,34H,11-15,17-18H2,1-6H3/b31-16+/t20-,21+,23-,24-,26?,28+,29+,30+/m1/s1. The Morgan fingerprint density at radius 2 is 1.80 bits per heavy atom. The van der Waals surface area contributed by atoms with Gasteiger partial charge in [0.25, 0.3) is 10.1 Å². The van der Waals surface area contributed by atoms with Crippen molar-refractivity contribution in [3.63, 3.8) is 0 Å². The summed E-state index contributed by atoms with van der Waals surface area (Å²) >= 11 is 0. The largest absolute Gasteiger partial charge is 0.460 e. The maximum absolute atomic E-state index is 14.2. The Bertz CT molecular complexity index is 1250. The number of rotatable bonds is 8. The Morgan fingerprint density at radius 1 is 1.15 bits per heavy atom. The van der Waals surface area contributed by atoms with Crippen molar-refractivity contribution in [1.82, 2.24) is 0 Å². The Morgan fingerprint density at radius 3 is 2.42 bits per heavy atom. The van der Waals surface area contributed by atoms with Gasteiger partial charge in [-0.1, -0.05) is 45.4 Å². The predicted octanol–water partition coefficient (Wildman–Crippen LogP) is 4.93. The van der Waals surface area contributed by atoms with Crippen molar-refractivity contribution in [2.24, 2.45) is 39.2 Å². The molecule has 1 aromatic carbocycles. The molecule has 1 aromatic rings. The maximum Gasteiger partial charge on any atom is 0.333 e. The van der Waals surface area contributed by atoms with Crippen LogP contribution in [0.4, 0.5) is 0 Å². The zero-order valence-electron chi connectivity index (χ0n) is 24.4. The lowest BCUT2D eigenvalue weighted by molar-refractivity contribution is -0.207. The van der Waals surface area contributed by atoms with E-state index in [2.05, 4.69) is 19.0 Å². The molecule has 3 saturated carbocycles. The molecule has 2 bridgehead atoms. The Balaban J connectivity index is 1.70. The minimum atomic E-state index is -4.17. The maximum atomic E-state index is 14.2. The lowest BCUT2D eigenvalue weighted by Gasteiger charge is -2.61. The average Bonchev–Trinajstić information content (AvgIpc) is 3.32. The molecule has 3 aliphatic carbocycles. The molecular weight excluding hydrogens is 534 g/mol. The molecule has 0 heterocycles. The van der Waals surface area contributed by atoms with E-state index < -0.39 is 39.6 Å². The molecule has 3 fully saturated rings. The number of methoxy groups -OCH3 is 1. The van der Waals surface area contributed by atoms with Crippen LogP contribution in [-0.4, -0.2) is 57.5 Å². The number of ether oxygens (including phenoxy) is 2. The number of carbonyl (C=O) groups is 2. The van der Waals surface area contributed by atoms with Crippen LogP contribution < -0.4 is 0 Å². The molecule has 4 rings (SSSR count). The van der Waals surface area contributed by atoms with Crippen molar-refractivity contribution in [2.45, 2.75) is 90.2 Å². The van der Waals surface area contributed by atoms with Crippen LogP contribution >= 0.6 is 0 Å². The van der Waals surface area contributed by atoms with Gasteiger partial charge >= 0.3 is 5.97 Å². The number of ketones is 1. The van der Waals surface area contributed by atoms with Gasteiger partial charge in [-0.05, 0) is 68.9 Å². The van der Waals surface area contributed by atoms with Gasteiger partial charge in [0.2, 0.25) is 0 Å². The second-order valence-corrected chi connectivity index (χ2v) is 14.3. The first-order chi connectivity index (χ1) is 18.7. The van der Waals surface area contributed by atoms with Crippen LogP contribution in [0.3, 0.4) is 0 Å². The number of nitrogens with zero attached hydrogens (tertiary/aromatic N) is 1. The summed E-state index contributed by atoms with van der Waals surface area (Å²) in [6.45, 7) is 9.23. The van der Waals surface area contributed by atoms with Crippen molar-refractivity contribution in [3.8, 4) is 0 Å². The van der Waals surface area contributed by atoms with E-state index in [1.165, 1.54) is 18.3 Å². The van der Waals surface area contributed by atoms with Crippen LogP contribution in [0.25, 0.3) is 0 Å². The van der Waals surface area contributed by atoms with E-state index >= 15 is 0 Å². The highest BCUT2D eigenvalue weighted by molar-refractivity contribution is 7.86. The fraction of sp³-hybridized carbons (Fsp3) is 0.700. The zero-order valence-corrected chi connectivity index (χ0v) is 25.2. The molecule has 0 saturated heterocycles. The second kappa shape index (κ2) is 11.2. The average molecular weight is 578 g/mol. The Hall–Kier alpha value is -2.30. The molecule has 10 heteroatoms. The van der Waals surface area contributed by atoms with Gasteiger partial charge in [-0.15, -0.1) is 5.16 Å². The third-order valence-electron chi connectivity index (χ3n) is 10.7. The Kier molecular flexibility index (Phi) is 8.56. The van der Waals surface area contributed by atoms with Crippen LogP contribution in [0.15, 0.2) is 34.3 Å². The van der Waals surface area contributed by atoms with Crippen molar-refractivity contribution in [2.75, 3.05) is 13.7 Å². The second-order valence-electron chi connectivity index (χ2n) is 12.7. The molecule has 1 unspecified atom stereocenters. The SMILES string of the molecule is CO[C@@H]1CC[C@]23CC[C@@H](C)[C@](C)(C12)[C@H](OC(=O)COS(=O)(=O)c1ccc(C)cc1)C[C@](C)(C/C=N/O)C(=O)[C@@H]3C. The van der Waals surface area contributed by atoms with Crippen molar-refractivity contribution in [1.29, 1.82) is 0 Å². The zero-order chi connectivity index (χ0) is 29.5. The van der Waals surface area contributed by atoms with E-state index in [0.717, 1.165) is 31.2 Å². The number of aryl methyl sites for hydroxylation is 1. The molecule has 0 aliphatic heterocycles. The first kappa shape index (κ1) is 30.7. The number of oxime groups is 1. The van der Waals surface area contributed by atoms with E-state index in [1.54, 1.807) is 19.2 Å². The lowest BCUT2D eigenvalue weighted by atomic mass is 9.44. The first-order valence-electron chi connectivity index (χ1n) is 14.1. The number of benzene rings is 1. The number of hydrogen-bond donors (Lipinski definition) is 1. The molecule has 0 aromatic heterocycles. The third-order valence-corrected chi connectivity index (χ3v) is 12.0. The van der Waals surface area contributed by atoms with Crippen LogP contribution in [-0.2, 0) is 33.4 Å². The summed E-state index contributed by atoms with van der Waals surface area (Å²) in [4.78, 5) is 27.4. The molecule has 8 atom stereocenters. The van der Waals surface area contributed by atoms with Crippen LogP contribution in [0.1, 0.15) is 71.8 Å². The molecule has 3 aliphatic rings. The van der Waals surface area contributed by atoms with Crippen LogP contribution in [0, 0.1) is 40.9 Å². The molecule has 222 valence electrons. The molecule has 0 spiro atoms. The van der Waals surface area contributed by atoms with Crippen LogP contribution in [0.2, 0.25) is 0 Å². The number of Topliss-reactive ketones (excluding diaryl/α,β-unsaturated/α-hetero) is 1. The number of carbonyl (C=O) groups excluding carboxylic acids is 2. The fourth-order valence-electron chi connectivity index (χ4n) is 8.18. The van der Waals surface area contributed by atoms with Gasteiger partial charge in [0.15, 0.2) is 6.61 Å². The predicted molar refractivity (Wildman–Crippen MR) is 148 cm³/mol. The van der Waals surface area contributed by atoms with Crippen molar-refractivity contribution >= 4 is 28.1 Å². The normalized spacial score (nSPS) is 38.0. The summed E-state index contributed by atoms with van der Waals surface area (Å²) in [7, 11) is -2.47. The highest BCUT2D eigenvalue weighted by atomic mass is 32.2. The van der Waals surface area contributed by atoms with E-state index in [-0.39, 0.29) is 52.8 Å². The van der Waals surface area contributed by atoms with E-state index in [9.17, 15) is 23.2 Å². The van der Waals surface area contributed by atoms with E-state index in [1.807, 2.05) is 20.8 Å². The summed E-state index contributed by atoms with van der Waals surface area (Å²) in [5.41, 5.74) is -0.916.